The van der Waals surface area contributed by atoms with Crippen LogP contribution < -0.4 is 5.56 Å². The molecule has 1 aromatic heterocycles. The third-order valence-electron chi connectivity index (χ3n) is 3.54. The second-order valence-electron chi connectivity index (χ2n) is 5.52. The number of nitrogens with zero attached hydrogens (tertiary/aromatic N) is 2. The molecule has 3 rings (SSSR count). The Kier molecular flexibility index (Phi) is 3.65. The quantitative estimate of drug-likeness (QED) is 0.778. The summed E-state index contributed by atoms with van der Waals surface area (Å²) in [4.78, 5) is 20.6. The van der Waals surface area contributed by atoms with Crippen LogP contribution >= 0.6 is 0 Å². The summed E-state index contributed by atoms with van der Waals surface area (Å²) in [6, 6.07) is 11.4. The van der Waals surface area contributed by atoms with Crippen LogP contribution in [0.2, 0.25) is 0 Å². The van der Waals surface area contributed by atoms with Crippen LogP contribution in [0.5, 0.6) is 5.75 Å². The lowest BCUT2D eigenvalue weighted by Crippen LogP contribution is -2.11. The van der Waals surface area contributed by atoms with Gasteiger partial charge in [-0.05, 0) is 42.9 Å². The summed E-state index contributed by atoms with van der Waals surface area (Å²) in [5, 5.41) is 10.6. The van der Waals surface area contributed by atoms with Crippen molar-refractivity contribution in [1.82, 2.24) is 14.9 Å². The van der Waals surface area contributed by atoms with Crippen LogP contribution in [-0.2, 0) is 6.54 Å². The molecule has 0 unspecified atom stereocenters. The number of aromatic nitrogens is 2. The standard InChI is InChI=1S/C17H17N3O2/c1-20(2)9-11-5-3-4-6-13(11)12-7-14-16(15(21)8-12)18-10-19-17(14)22/h3-8,10,21H,9H2,1-2H3,(H,18,19,22). The fourth-order valence-electron chi connectivity index (χ4n) is 2.60. The number of fused-ring (bicyclic) bond motifs is 1. The minimum Gasteiger partial charge on any atom is -0.506 e. The molecule has 0 aliphatic heterocycles. The van der Waals surface area contributed by atoms with Gasteiger partial charge >= 0.3 is 0 Å². The molecule has 2 aromatic carbocycles. The van der Waals surface area contributed by atoms with Crippen molar-refractivity contribution in [1.29, 1.82) is 0 Å². The third-order valence-corrected chi connectivity index (χ3v) is 3.54. The average molecular weight is 295 g/mol. The van der Waals surface area contributed by atoms with Gasteiger partial charge in [-0.15, -0.1) is 0 Å². The predicted molar refractivity (Wildman–Crippen MR) is 86.9 cm³/mol. The molecular formula is C17H17N3O2. The molecule has 0 saturated carbocycles. The molecular weight excluding hydrogens is 278 g/mol. The molecule has 0 aliphatic rings. The van der Waals surface area contributed by atoms with Gasteiger partial charge in [0, 0.05) is 6.54 Å². The third kappa shape index (κ3) is 2.58. The largest absolute Gasteiger partial charge is 0.506 e. The highest BCUT2D eigenvalue weighted by Gasteiger charge is 2.11. The zero-order chi connectivity index (χ0) is 15.7. The molecule has 0 spiro atoms. The normalized spacial score (nSPS) is 11.2. The van der Waals surface area contributed by atoms with Gasteiger partial charge in [0.2, 0.25) is 0 Å². The van der Waals surface area contributed by atoms with Crippen molar-refractivity contribution < 1.29 is 5.11 Å². The molecule has 2 N–H and O–H groups in total. The zero-order valence-corrected chi connectivity index (χ0v) is 12.5. The van der Waals surface area contributed by atoms with Crippen LogP contribution in [0.1, 0.15) is 5.56 Å². The number of rotatable bonds is 3. The fraction of sp³-hybridized carbons (Fsp3) is 0.176. The van der Waals surface area contributed by atoms with Crippen molar-refractivity contribution in [3.05, 3.63) is 58.6 Å². The van der Waals surface area contributed by atoms with Crippen molar-refractivity contribution in [3.63, 3.8) is 0 Å². The molecule has 0 bridgehead atoms. The van der Waals surface area contributed by atoms with E-state index in [-0.39, 0.29) is 11.3 Å². The lowest BCUT2D eigenvalue weighted by molar-refractivity contribution is 0.403. The summed E-state index contributed by atoms with van der Waals surface area (Å²) in [6.07, 6.45) is 1.30. The molecule has 0 radical (unpaired) electrons. The Morgan fingerprint density at radius 2 is 2.00 bits per heavy atom. The van der Waals surface area contributed by atoms with Gasteiger partial charge in [-0.1, -0.05) is 24.3 Å². The second-order valence-corrected chi connectivity index (χ2v) is 5.52. The van der Waals surface area contributed by atoms with E-state index >= 15 is 0 Å². The van der Waals surface area contributed by atoms with Gasteiger partial charge in [-0.2, -0.15) is 0 Å². The summed E-state index contributed by atoms with van der Waals surface area (Å²) >= 11 is 0. The van der Waals surface area contributed by atoms with Gasteiger partial charge in [0.15, 0.2) is 0 Å². The summed E-state index contributed by atoms with van der Waals surface area (Å²) in [6.45, 7) is 0.776. The molecule has 0 amide bonds. The van der Waals surface area contributed by atoms with Gasteiger partial charge < -0.3 is 15.0 Å². The molecule has 3 aromatic rings. The zero-order valence-electron chi connectivity index (χ0n) is 12.5. The highest BCUT2D eigenvalue weighted by atomic mass is 16.3. The number of H-pyrrole nitrogens is 1. The van der Waals surface area contributed by atoms with Crippen LogP contribution in [-0.4, -0.2) is 34.1 Å². The minimum atomic E-state index is -0.257. The first-order chi connectivity index (χ1) is 10.6. The van der Waals surface area contributed by atoms with Crippen molar-refractivity contribution in [2.45, 2.75) is 6.54 Å². The van der Waals surface area contributed by atoms with Crippen LogP contribution in [0.3, 0.4) is 0 Å². The van der Waals surface area contributed by atoms with E-state index < -0.39 is 0 Å². The van der Waals surface area contributed by atoms with E-state index in [1.165, 1.54) is 6.33 Å². The maximum Gasteiger partial charge on any atom is 0.258 e. The lowest BCUT2D eigenvalue weighted by atomic mass is 9.98. The molecule has 0 fully saturated rings. The topological polar surface area (TPSA) is 69.2 Å². The van der Waals surface area contributed by atoms with Gasteiger partial charge in [-0.25, -0.2) is 4.98 Å². The predicted octanol–water partition coefficient (Wildman–Crippen LogP) is 2.36. The van der Waals surface area contributed by atoms with E-state index in [2.05, 4.69) is 14.9 Å². The number of aromatic amines is 1. The maximum atomic E-state index is 12.0. The van der Waals surface area contributed by atoms with Crippen molar-refractivity contribution in [2.75, 3.05) is 14.1 Å². The van der Waals surface area contributed by atoms with Crippen LogP contribution in [0.15, 0.2) is 47.5 Å². The van der Waals surface area contributed by atoms with Crippen LogP contribution in [0, 0.1) is 0 Å². The van der Waals surface area contributed by atoms with Crippen molar-refractivity contribution >= 4 is 10.9 Å². The molecule has 0 atom stereocenters. The highest BCUT2D eigenvalue weighted by molar-refractivity contribution is 5.89. The van der Waals surface area contributed by atoms with E-state index in [0.29, 0.717) is 10.9 Å². The van der Waals surface area contributed by atoms with Crippen molar-refractivity contribution in [3.8, 4) is 16.9 Å². The number of hydrogen-bond donors (Lipinski definition) is 2. The van der Waals surface area contributed by atoms with Crippen molar-refractivity contribution in [2.24, 2.45) is 0 Å². The van der Waals surface area contributed by atoms with Gasteiger partial charge in [0.25, 0.3) is 5.56 Å². The molecule has 5 nitrogen and oxygen atoms in total. The second kappa shape index (κ2) is 5.61. The SMILES string of the molecule is CN(C)Cc1ccccc1-c1cc(O)c2nc[nH]c(=O)c2c1. The fourth-order valence-corrected chi connectivity index (χ4v) is 2.60. The van der Waals surface area contributed by atoms with Gasteiger partial charge in [-0.3, -0.25) is 4.79 Å². The minimum absolute atomic E-state index is 0.0123. The lowest BCUT2D eigenvalue weighted by Gasteiger charge is -2.15. The Bertz CT molecular complexity index is 884. The summed E-state index contributed by atoms with van der Waals surface area (Å²) in [7, 11) is 4.01. The Labute approximate surface area is 127 Å². The Morgan fingerprint density at radius 3 is 2.77 bits per heavy atom. The summed E-state index contributed by atoms with van der Waals surface area (Å²) in [5.41, 5.74) is 2.99. The number of hydrogen-bond acceptors (Lipinski definition) is 4. The number of benzene rings is 2. The van der Waals surface area contributed by atoms with E-state index in [1.54, 1.807) is 12.1 Å². The Balaban J connectivity index is 2.23. The monoisotopic (exact) mass is 295 g/mol. The molecule has 1 heterocycles. The van der Waals surface area contributed by atoms with Gasteiger partial charge in [0.05, 0.1) is 11.7 Å². The van der Waals surface area contributed by atoms with Gasteiger partial charge in [0.1, 0.15) is 11.3 Å². The maximum absolute atomic E-state index is 12.0. The van der Waals surface area contributed by atoms with E-state index in [4.69, 9.17) is 0 Å². The summed E-state index contributed by atoms with van der Waals surface area (Å²) < 4.78 is 0. The Hall–Kier alpha value is -2.66. The summed E-state index contributed by atoms with van der Waals surface area (Å²) in [5.74, 6) is 0.0123. The number of phenols is 1. The smallest absolute Gasteiger partial charge is 0.258 e. The Morgan fingerprint density at radius 1 is 1.23 bits per heavy atom. The molecule has 0 aliphatic carbocycles. The number of nitrogens with one attached hydrogen (secondary N) is 1. The average Bonchev–Trinajstić information content (AvgIpc) is 2.48. The molecule has 112 valence electrons. The highest BCUT2D eigenvalue weighted by Crippen LogP contribution is 2.31. The van der Waals surface area contributed by atoms with Crippen LogP contribution in [0.25, 0.3) is 22.0 Å². The number of phenolic OH excluding ortho intramolecular Hbond substituents is 1. The van der Waals surface area contributed by atoms with E-state index in [9.17, 15) is 9.90 Å². The molecule has 22 heavy (non-hydrogen) atoms. The first kappa shape index (κ1) is 14.3. The molecule has 0 saturated heterocycles. The first-order valence-electron chi connectivity index (χ1n) is 6.99. The molecule has 5 heteroatoms. The van der Waals surface area contributed by atoms with E-state index in [0.717, 1.165) is 23.2 Å². The number of aromatic hydroxyl groups is 1. The van der Waals surface area contributed by atoms with E-state index in [1.807, 2.05) is 38.4 Å². The first-order valence-corrected chi connectivity index (χ1v) is 6.99. The van der Waals surface area contributed by atoms with Crippen LogP contribution in [0.4, 0.5) is 0 Å².